The molecule has 1 N–H and O–H groups in total. The topological polar surface area (TPSA) is 12.0 Å². The predicted molar refractivity (Wildman–Crippen MR) is 74.3 cm³/mol. The summed E-state index contributed by atoms with van der Waals surface area (Å²) in [5.41, 5.74) is 0. The van der Waals surface area contributed by atoms with Crippen LogP contribution in [0.2, 0.25) is 0 Å². The van der Waals surface area contributed by atoms with Crippen molar-refractivity contribution in [1.29, 1.82) is 0 Å². The van der Waals surface area contributed by atoms with E-state index in [0.29, 0.717) is 6.04 Å². The summed E-state index contributed by atoms with van der Waals surface area (Å²) >= 11 is 1.92. The molecule has 1 saturated carbocycles. The molecule has 4 atom stereocenters. The van der Waals surface area contributed by atoms with E-state index in [1.165, 1.54) is 29.1 Å². The Labute approximate surface area is 108 Å². The zero-order valence-corrected chi connectivity index (χ0v) is 11.5. The van der Waals surface area contributed by atoms with Crippen LogP contribution in [0, 0.1) is 24.7 Å². The Balaban J connectivity index is 1.53. The van der Waals surface area contributed by atoms with Crippen LogP contribution in [-0.4, -0.2) is 6.54 Å². The highest BCUT2D eigenvalue weighted by atomic mass is 32.1. The van der Waals surface area contributed by atoms with Crippen LogP contribution in [0.25, 0.3) is 0 Å². The quantitative estimate of drug-likeness (QED) is 0.795. The first kappa shape index (κ1) is 11.5. The summed E-state index contributed by atoms with van der Waals surface area (Å²) in [6, 6.07) is 4.99. The Morgan fingerprint density at radius 2 is 2.24 bits per heavy atom. The number of hydrogen-bond acceptors (Lipinski definition) is 2. The summed E-state index contributed by atoms with van der Waals surface area (Å²) in [5.74, 6) is 2.64. The van der Waals surface area contributed by atoms with E-state index >= 15 is 0 Å². The van der Waals surface area contributed by atoms with E-state index < -0.39 is 0 Å². The van der Waals surface area contributed by atoms with E-state index in [2.05, 4.69) is 43.4 Å². The lowest BCUT2D eigenvalue weighted by Crippen LogP contribution is -2.27. The molecule has 2 aliphatic rings. The molecule has 1 aromatic rings. The van der Waals surface area contributed by atoms with E-state index in [-0.39, 0.29) is 0 Å². The van der Waals surface area contributed by atoms with Crippen LogP contribution in [0.15, 0.2) is 24.3 Å². The van der Waals surface area contributed by atoms with Gasteiger partial charge in [0.25, 0.3) is 0 Å². The molecule has 3 rings (SSSR count). The third-order valence-corrected chi connectivity index (χ3v) is 5.47. The maximum absolute atomic E-state index is 3.72. The van der Waals surface area contributed by atoms with Crippen LogP contribution in [0.4, 0.5) is 0 Å². The predicted octanol–water partition coefficient (Wildman–Crippen LogP) is 3.92. The van der Waals surface area contributed by atoms with Gasteiger partial charge in [-0.1, -0.05) is 12.2 Å². The molecule has 0 aliphatic heterocycles. The third-order valence-electron chi connectivity index (χ3n) is 4.29. The van der Waals surface area contributed by atoms with Gasteiger partial charge < -0.3 is 5.32 Å². The fraction of sp³-hybridized carbons (Fsp3) is 0.600. The average molecular weight is 247 g/mol. The Bertz CT molecular complexity index is 420. The second-order valence-electron chi connectivity index (χ2n) is 5.62. The second-order valence-corrected chi connectivity index (χ2v) is 6.94. The van der Waals surface area contributed by atoms with Crippen LogP contribution < -0.4 is 5.32 Å². The number of hydrogen-bond donors (Lipinski definition) is 1. The normalized spacial score (nSPS) is 32.2. The van der Waals surface area contributed by atoms with E-state index in [4.69, 9.17) is 0 Å². The van der Waals surface area contributed by atoms with Crippen molar-refractivity contribution in [3.63, 3.8) is 0 Å². The molecule has 0 amide bonds. The molecular weight excluding hydrogens is 226 g/mol. The highest BCUT2D eigenvalue weighted by Crippen LogP contribution is 2.43. The molecule has 4 unspecified atom stereocenters. The maximum atomic E-state index is 3.72. The smallest absolute Gasteiger partial charge is 0.0386 e. The summed E-state index contributed by atoms with van der Waals surface area (Å²) < 4.78 is 0. The van der Waals surface area contributed by atoms with Crippen molar-refractivity contribution in [1.82, 2.24) is 5.32 Å². The van der Waals surface area contributed by atoms with E-state index in [1.54, 1.807) is 0 Å². The first-order valence-electron chi connectivity index (χ1n) is 6.70. The zero-order chi connectivity index (χ0) is 11.8. The Hall–Kier alpha value is -0.600. The van der Waals surface area contributed by atoms with Gasteiger partial charge in [0.15, 0.2) is 0 Å². The fourth-order valence-corrected chi connectivity index (χ4v) is 4.15. The number of rotatable bonds is 4. The number of fused-ring (bicyclic) bond motifs is 2. The molecule has 0 spiro atoms. The Kier molecular flexibility index (Phi) is 3.10. The first-order valence-corrected chi connectivity index (χ1v) is 7.52. The van der Waals surface area contributed by atoms with Gasteiger partial charge in [0.1, 0.15) is 0 Å². The van der Waals surface area contributed by atoms with Gasteiger partial charge >= 0.3 is 0 Å². The van der Waals surface area contributed by atoms with Crippen molar-refractivity contribution in [2.45, 2.75) is 32.7 Å². The average Bonchev–Trinajstić information content (AvgIpc) is 3.01. The van der Waals surface area contributed by atoms with Gasteiger partial charge in [-0.25, -0.2) is 0 Å². The van der Waals surface area contributed by atoms with E-state index in [9.17, 15) is 0 Å². The molecule has 1 aromatic heterocycles. The molecular formula is C15H21NS. The van der Waals surface area contributed by atoms with Crippen LogP contribution in [0.3, 0.4) is 0 Å². The molecule has 1 fully saturated rings. The monoisotopic (exact) mass is 247 g/mol. The van der Waals surface area contributed by atoms with E-state index in [1.807, 2.05) is 11.3 Å². The van der Waals surface area contributed by atoms with Gasteiger partial charge in [0.2, 0.25) is 0 Å². The van der Waals surface area contributed by atoms with Crippen molar-refractivity contribution < 1.29 is 0 Å². The SMILES string of the molecule is Cc1ccc(C(C)NCC2CC3C=CC2C3)s1. The van der Waals surface area contributed by atoms with Crippen molar-refractivity contribution in [3.8, 4) is 0 Å². The van der Waals surface area contributed by atoms with Gasteiger partial charge in [-0.2, -0.15) is 0 Å². The summed E-state index contributed by atoms with van der Waals surface area (Å²) in [6.07, 6.45) is 7.69. The molecule has 92 valence electrons. The molecule has 2 bridgehead atoms. The van der Waals surface area contributed by atoms with E-state index in [0.717, 1.165) is 17.8 Å². The van der Waals surface area contributed by atoms with Gasteiger partial charge in [0, 0.05) is 15.8 Å². The van der Waals surface area contributed by atoms with Crippen molar-refractivity contribution in [2.24, 2.45) is 17.8 Å². The largest absolute Gasteiger partial charge is 0.309 e. The maximum Gasteiger partial charge on any atom is 0.0386 e. The van der Waals surface area contributed by atoms with Gasteiger partial charge in [-0.15, -0.1) is 11.3 Å². The second kappa shape index (κ2) is 4.58. The highest BCUT2D eigenvalue weighted by Gasteiger charge is 2.35. The van der Waals surface area contributed by atoms with Gasteiger partial charge in [-0.3, -0.25) is 0 Å². The molecule has 0 radical (unpaired) electrons. The van der Waals surface area contributed by atoms with Crippen molar-refractivity contribution in [3.05, 3.63) is 34.0 Å². The Morgan fingerprint density at radius 1 is 1.35 bits per heavy atom. The molecule has 17 heavy (non-hydrogen) atoms. The summed E-state index contributed by atoms with van der Waals surface area (Å²) in [7, 11) is 0. The van der Waals surface area contributed by atoms with Gasteiger partial charge in [-0.05, 0) is 63.1 Å². The number of nitrogens with one attached hydrogen (secondary N) is 1. The molecule has 1 nitrogen and oxygen atoms in total. The minimum atomic E-state index is 0.511. The Morgan fingerprint density at radius 3 is 2.82 bits per heavy atom. The minimum absolute atomic E-state index is 0.511. The van der Waals surface area contributed by atoms with Crippen LogP contribution in [-0.2, 0) is 0 Å². The molecule has 0 aromatic carbocycles. The lowest BCUT2D eigenvalue weighted by atomic mass is 9.93. The fourth-order valence-electron chi connectivity index (χ4n) is 3.24. The van der Waals surface area contributed by atoms with Crippen molar-refractivity contribution >= 4 is 11.3 Å². The number of allylic oxidation sites excluding steroid dienone is 2. The lowest BCUT2D eigenvalue weighted by Gasteiger charge is -2.21. The van der Waals surface area contributed by atoms with Crippen molar-refractivity contribution in [2.75, 3.05) is 6.54 Å². The summed E-state index contributed by atoms with van der Waals surface area (Å²) in [4.78, 5) is 2.89. The lowest BCUT2D eigenvalue weighted by molar-refractivity contribution is 0.394. The molecule has 2 heteroatoms. The summed E-state index contributed by atoms with van der Waals surface area (Å²) in [6.45, 7) is 5.65. The first-order chi connectivity index (χ1) is 8.22. The highest BCUT2D eigenvalue weighted by molar-refractivity contribution is 7.12. The number of aryl methyl sites for hydroxylation is 1. The molecule has 0 saturated heterocycles. The van der Waals surface area contributed by atoms with Crippen LogP contribution in [0.1, 0.15) is 35.6 Å². The van der Waals surface area contributed by atoms with Crippen LogP contribution in [0.5, 0.6) is 0 Å². The third kappa shape index (κ3) is 2.34. The zero-order valence-electron chi connectivity index (χ0n) is 10.6. The van der Waals surface area contributed by atoms with Crippen LogP contribution >= 0.6 is 11.3 Å². The molecule has 1 heterocycles. The summed E-state index contributed by atoms with van der Waals surface area (Å²) in [5, 5.41) is 3.72. The minimum Gasteiger partial charge on any atom is -0.309 e. The standard InChI is InChI=1S/C15H21NS/c1-10-3-6-15(17-10)11(2)16-9-14-8-12-4-5-13(14)7-12/h3-6,11-14,16H,7-9H2,1-2H3. The number of thiophene rings is 1. The van der Waals surface area contributed by atoms with Gasteiger partial charge in [0.05, 0.1) is 0 Å². The molecule has 2 aliphatic carbocycles.